The van der Waals surface area contributed by atoms with Crippen LogP contribution in [0.4, 0.5) is 5.13 Å². The zero-order chi connectivity index (χ0) is 23.1. The van der Waals surface area contributed by atoms with Gasteiger partial charge in [-0.15, -0.1) is 11.8 Å². The SMILES string of the molecule is CCN(CC)CCN(C(=O)CCCSc1ccc(C)cc1)c1nc2c(C)cc(C)cc2s1. The summed E-state index contributed by atoms with van der Waals surface area (Å²) in [7, 11) is 0. The Hall–Kier alpha value is -1.89. The first-order valence-electron chi connectivity index (χ1n) is 11.5. The number of aryl methyl sites for hydroxylation is 3. The molecule has 1 aromatic heterocycles. The number of carbonyl (C=O) groups excluding carboxylic acids is 1. The van der Waals surface area contributed by atoms with Crippen LogP contribution in [0, 0.1) is 20.8 Å². The maximum atomic E-state index is 13.3. The number of fused-ring (bicyclic) bond motifs is 1. The highest BCUT2D eigenvalue weighted by Crippen LogP contribution is 2.32. The number of carbonyl (C=O) groups is 1. The molecule has 0 atom stereocenters. The van der Waals surface area contributed by atoms with Crippen LogP contribution in [0.25, 0.3) is 10.2 Å². The van der Waals surface area contributed by atoms with Gasteiger partial charge in [0, 0.05) is 24.4 Å². The van der Waals surface area contributed by atoms with Crippen LogP contribution in [-0.2, 0) is 4.79 Å². The minimum atomic E-state index is 0.176. The molecule has 0 aliphatic heterocycles. The number of benzene rings is 2. The van der Waals surface area contributed by atoms with E-state index in [2.05, 4.69) is 75.9 Å². The van der Waals surface area contributed by atoms with E-state index < -0.39 is 0 Å². The quantitative estimate of drug-likeness (QED) is 0.238. The molecule has 172 valence electrons. The smallest absolute Gasteiger partial charge is 0.228 e. The van der Waals surface area contributed by atoms with Crippen LogP contribution in [0.1, 0.15) is 43.4 Å². The van der Waals surface area contributed by atoms with Gasteiger partial charge in [-0.05, 0) is 75.4 Å². The van der Waals surface area contributed by atoms with Gasteiger partial charge in [0.2, 0.25) is 5.91 Å². The summed E-state index contributed by atoms with van der Waals surface area (Å²) in [6, 6.07) is 12.9. The van der Waals surface area contributed by atoms with Crippen molar-refractivity contribution in [3.63, 3.8) is 0 Å². The standard InChI is InChI=1S/C26H35N3OS2/c1-6-28(7-2)14-15-29(26-27-25-21(5)17-20(4)18-23(25)32-26)24(30)9-8-16-31-22-12-10-19(3)11-13-22/h10-13,17-18H,6-9,14-16H2,1-5H3. The van der Waals surface area contributed by atoms with Crippen molar-refractivity contribution in [3.05, 3.63) is 53.1 Å². The van der Waals surface area contributed by atoms with Crippen molar-refractivity contribution >= 4 is 44.4 Å². The molecule has 0 bridgehead atoms. The second-order valence-corrected chi connectivity index (χ2v) is 10.4. The summed E-state index contributed by atoms with van der Waals surface area (Å²) in [6.45, 7) is 14.2. The van der Waals surface area contributed by atoms with Crippen LogP contribution < -0.4 is 4.90 Å². The van der Waals surface area contributed by atoms with Gasteiger partial charge in [0.25, 0.3) is 0 Å². The van der Waals surface area contributed by atoms with Crippen LogP contribution in [0.15, 0.2) is 41.3 Å². The molecule has 0 aliphatic carbocycles. The molecular weight excluding hydrogens is 434 g/mol. The van der Waals surface area contributed by atoms with Crippen LogP contribution in [0.3, 0.4) is 0 Å². The predicted octanol–water partition coefficient (Wildman–Crippen LogP) is 6.47. The lowest BCUT2D eigenvalue weighted by atomic mass is 10.1. The monoisotopic (exact) mass is 469 g/mol. The molecule has 0 unspecified atom stereocenters. The molecule has 2 aromatic carbocycles. The second-order valence-electron chi connectivity index (χ2n) is 8.26. The fourth-order valence-corrected chi connectivity index (χ4v) is 5.80. The summed E-state index contributed by atoms with van der Waals surface area (Å²) in [5.74, 6) is 1.12. The zero-order valence-electron chi connectivity index (χ0n) is 20.0. The Labute approximate surface area is 201 Å². The molecule has 0 saturated heterocycles. The van der Waals surface area contributed by atoms with Gasteiger partial charge in [-0.3, -0.25) is 9.69 Å². The Morgan fingerprint density at radius 2 is 1.72 bits per heavy atom. The molecule has 32 heavy (non-hydrogen) atoms. The number of anilines is 1. The number of aromatic nitrogens is 1. The number of hydrogen-bond donors (Lipinski definition) is 0. The van der Waals surface area contributed by atoms with Crippen LogP contribution in [0.2, 0.25) is 0 Å². The number of hydrogen-bond acceptors (Lipinski definition) is 5. The lowest BCUT2D eigenvalue weighted by molar-refractivity contribution is -0.118. The molecular formula is C26H35N3OS2. The van der Waals surface area contributed by atoms with Crippen molar-refractivity contribution in [1.29, 1.82) is 0 Å². The average molecular weight is 470 g/mol. The molecule has 0 spiro atoms. The Morgan fingerprint density at radius 3 is 2.41 bits per heavy atom. The van der Waals surface area contributed by atoms with E-state index in [0.717, 1.165) is 47.2 Å². The van der Waals surface area contributed by atoms with Crippen molar-refractivity contribution < 1.29 is 4.79 Å². The van der Waals surface area contributed by atoms with E-state index in [4.69, 9.17) is 4.98 Å². The molecule has 3 aromatic rings. The fraction of sp³-hybridized carbons (Fsp3) is 0.462. The fourth-order valence-electron chi connectivity index (χ4n) is 3.77. The Balaban J connectivity index is 1.69. The van der Waals surface area contributed by atoms with Crippen molar-refractivity contribution in [2.45, 2.75) is 52.4 Å². The molecule has 1 amide bonds. The van der Waals surface area contributed by atoms with Gasteiger partial charge in [-0.1, -0.05) is 48.9 Å². The largest absolute Gasteiger partial charge is 0.302 e. The lowest BCUT2D eigenvalue weighted by Crippen LogP contribution is -2.38. The lowest BCUT2D eigenvalue weighted by Gasteiger charge is -2.24. The van der Waals surface area contributed by atoms with Crippen LogP contribution >= 0.6 is 23.1 Å². The Kier molecular flexibility index (Phi) is 9.14. The minimum Gasteiger partial charge on any atom is -0.302 e. The van der Waals surface area contributed by atoms with E-state index in [0.29, 0.717) is 13.0 Å². The van der Waals surface area contributed by atoms with Crippen molar-refractivity contribution in [1.82, 2.24) is 9.88 Å². The van der Waals surface area contributed by atoms with E-state index in [1.165, 1.54) is 21.6 Å². The number of rotatable bonds is 11. The molecule has 0 aliphatic rings. The maximum absolute atomic E-state index is 13.3. The van der Waals surface area contributed by atoms with E-state index in [9.17, 15) is 4.79 Å². The zero-order valence-corrected chi connectivity index (χ0v) is 21.6. The average Bonchev–Trinajstić information content (AvgIpc) is 3.19. The predicted molar refractivity (Wildman–Crippen MR) is 140 cm³/mol. The maximum Gasteiger partial charge on any atom is 0.228 e. The third-order valence-electron chi connectivity index (χ3n) is 5.71. The van der Waals surface area contributed by atoms with E-state index >= 15 is 0 Å². The minimum absolute atomic E-state index is 0.176. The summed E-state index contributed by atoms with van der Waals surface area (Å²) in [6.07, 6.45) is 1.41. The first-order chi connectivity index (χ1) is 15.4. The normalized spacial score (nSPS) is 11.4. The number of likely N-dealkylation sites (N-methyl/N-ethyl adjacent to an activating group) is 1. The van der Waals surface area contributed by atoms with Crippen LogP contribution in [-0.4, -0.2) is 47.7 Å². The first kappa shape index (κ1) is 24.7. The van der Waals surface area contributed by atoms with Gasteiger partial charge in [0.05, 0.1) is 10.2 Å². The molecule has 6 heteroatoms. The molecule has 0 N–H and O–H groups in total. The summed E-state index contributed by atoms with van der Waals surface area (Å²) in [5, 5.41) is 0.831. The Bertz CT molecular complexity index is 1030. The first-order valence-corrected chi connectivity index (χ1v) is 13.3. The number of thioether (sulfide) groups is 1. The summed E-state index contributed by atoms with van der Waals surface area (Å²) in [4.78, 5) is 23.7. The van der Waals surface area contributed by atoms with Crippen molar-refractivity contribution in [3.8, 4) is 0 Å². The molecule has 0 fully saturated rings. The highest BCUT2D eigenvalue weighted by molar-refractivity contribution is 7.99. The van der Waals surface area contributed by atoms with Gasteiger partial charge < -0.3 is 4.90 Å². The van der Waals surface area contributed by atoms with Gasteiger partial charge >= 0.3 is 0 Å². The molecule has 0 radical (unpaired) electrons. The van der Waals surface area contributed by atoms with Gasteiger partial charge in [0.15, 0.2) is 5.13 Å². The van der Waals surface area contributed by atoms with E-state index in [-0.39, 0.29) is 5.91 Å². The number of thiazole rings is 1. The molecule has 4 nitrogen and oxygen atoms in total. The highest BCUT2D eigenvalue weighted by Gasteiger charge is 2.21. The molecule has 0 saturated carbocycles. The topological polar surface area (TPSA) is 36.4 Å². The number of nitrogens with zero attached hydrogens (tertiary/aromatic N) is 3. The summed E-state index contributed by atoms with van der Waals surface area (Å²) in [5.41, 5.74) is 4.70. The van der Waals surface area contributed by atoms with E-state index in [1.54, 1.807) is 11.3 Å². The van der Waals surface area contributed by atoms with Gasteiger partial charge in [0.1, 0.15) is 0 Å². The second kappa shape index (κ2) is 11.8. The third-order valence-corrected chi connectivity index (χ3v) is 7.83. The van der Waals surface area contributed by atoms with Crippen molar-refractivity contribution in [2.75, 3.05) is 36.8 Å². The van der Waals surface area contributed by atoms with Gasteiger partial charge in [-0.25, -0.2) is 4.98 Å². The summed E-state index contributed by atoms with van der Waals surface area (Å²) < 4.78 is 1.16. The van der Waals surface area contributed by atoms with Gasteiger partial charge in [-0.2, -0.15) is 0 Å². The van der Waals surface area contributed by atoms with E-state index in [1.807, 2.05) is 16.7 Å². The molecule has 1 heterocycles. The summed E-state index contributed by atoms with van der Waals surface area (Å²) >= 11 is 3.46. The highest BCUT2D eigenvalue weighted by atomic mass is 32.2. The van der Waals surface area contributed by atoms with Crippen molar-refractivity contribution in [2.24, 2.45) is 0 Å². The van der Waals surface area contributed by atoms with Crippen LogP contribution in [0.5, 0.6) is 0 Å². The number of amides is 1. The molecule has 3 rings (SSSR count). The third kappa shape index (κ3) is 6.56. The Morgan fingerprint density at radius 1 is 1.00 bits per heavy atom.